The third-order valence-electron chi connectivity index (χ3n) is 2.31. The van der Waals surface area contributed by atoms with Crippen LogP contribution >= 0.6 is 0 Å². The van der Waals surface area contributed by atoms with Crippen molar-refractivity contribution in [1.82, 2.24) is 15.5 Å². The summed E-state index contributed by atoms with van der Waals surface area (Å²) in [5, 5.41) is 14.7. The van der Waals surface area contributed by atoms with E-state index in [0.717, 1.165) is 32.7 Å². The lowest BCUT2D eigenvalue weighted by molar-refractivity contribution is 0.214. The van der Waals surface area contributed by atoms with Crippen LogP contribution in [-0.2, 0) is 0 Å². The summed E-state index contributed by atoms with van der Waals surface area (Å²) >= 11 is 0. The lowest BCUT2D eigenvalue weighted by atomic mass is 10.2. The summed E-state index contributed by atoms with van der Waals surface area (Å²) in [5.41, 5.74) is 0. The molecule has 0 aromatic carbocycles. The molecule has 0 spiro atoms. The van der Waals surface area contributed by atoms with Crippen molar-refractivity contribution in [2.45, 2.75) is 6.92 Å². The number of nitrogens with zero attached hydrogens (tertiary/aromatic N) is 1. The first kappa shape index (κ1) is 11.3. The zero-order valence-corrected chi connectivity index (χ0v) is 8.62. The first-order valence-corrected chi connectivity index (χ1v) is 5.08. The van der Waals surface area contributed by atoms with Gasteiger partial charge in [-0.05, 0) is 12.5 Å². The lowest BCUT2D eigenvalue weighted by Gasteiger charge is -2.15. The Kier molecular flexibility index (Phi) is 4.69. The van der Waals surface area contributed by atoms with Gasteiger partial charge in [0.2, 0.25) is 0 Å². The molecule has 1 unspecified atom stereocenters. The van der Waals surface area contributed by atoms with E-state index in [1.807, 2.05) is 6.92 Å². The summed E-state index contributed by atoms with van der Waals surface area (Å²) in [4.78, 5) is 12.9. The number of carbonyl (C=O) groups excluding carboxylic acids is 1. The molecule has 1 heterocycles. The molecule has 1 aliphatic rings. The Balaban J connectivity index is 2.01. The minimum atomic E-state index is 0.0296. The van der Waals surface area contributed by atoms with Gasteiger partial charge in [0.1, 0.15) is 0 Å². The van der Waals surface area contributed by atoms with E-state index in [9.17, 15) is 4.79 Å². The first-order chi connectivity index (χ1) is 6.74. The number of carbonyl (C=O) groups is 1. The molecule has 0 aromatic heterocycles. The summed E-state index contributed by atoms with van der Waals surface area (Å²) in [6.45, 7) is 6.07. The molecule has 1 rings (SSSR count). The average Bonchev–Trinajstić information content (AvgIpc) is 2.58. The number of aliphatic hydroxyl groups is 1. The highest BCUT2D eigenvalue weighted by atomic mass is 16.3. The third kappa shape index (κ3) is 3.51. The maximum absolute atomic E-state index is 11.1. The topological polar surface area (TPSA) is 64.6 Å². The van der Waals surface area contributed by atoms with Crippen LogP contribution in [0.1, 0.15) is 6.92 Å². The molecule has 1 aliphatic heterocycles. The van der Waals surface area contributed by atoms with E-state index in [-0.39, 0.29) is 18.6 Å². The fraction of sp³-hybridized carbons (Fsp3) is 0.889. The van der Waals surface area contributed by atoms with Crippen molar-refractivity contribution in [2.24, 2.45) is 5.92 Å². The Morgan fingerprint density at radius 1 is 1.71 bits per heavy atom. The maximum atomic E-state index is 11.1. The highest BCUT2D eigenvalue weighted by Gasteiger charge is 2.17. The second-order valence-electron chi connectivity index (χ2n) is 3.71. The molecule has 0 radical (unpaired) electrons. The molecular weight excluding hydrogens is 182 g/mol. The van der Waals surface area contributed by atoms with Gasteiger partial charge < -0.3 is 20.6 Å². The van der Waals surface area contributed by atoms with Crippen molar-refractivity contribution in [3.05, 3.63) is 0 Å². The van der Waals surface area contributed by atoms with Crippen molar-refractivity contribution in [2.75, 3.05) is 39.3 Å². The summed E-state index contributed by atoms with van der Waals surface area (Å²) in [7, 11) is 0. The van der Waals surface area contributed by atoms with E-state index in [2.05, 4.69) is 10.6 Å². The third-order valence-corrected chi connectivity index (χ3v) is 2.31. The van der Waals surface area contributed by atoms with Gasteiger partial charge in [0, 0.05) is 32.8 Å². The highest BCUT2D eigenvalue weighted by molar-refractivity contribution is 5.76. The van der Waals surface area contributed by atoms with Crippen LogP contribution in [-0.4, -0.2) is 55.4 Å². The second kappa shape index (κ2) is 5.82. The van der Waals surface area contributed by atoms with Gasteiger partial charge in [-0.2, -0.15) is 0 Å². The van der Waals surface area contributed by atoms with E-state index < -0.39 is 0 Å². The molecule has 1 fully saturated rings. The molecule has 82 valence electrons. The minimum Gasteiger partial charge on any atom is -0.396 e. The molecule has 5 nitrogen and oxygen atoms in total. The predicted octanol–water partition coefficient (Wildman–Crippen LogP) is -0.770. The summed E-state index contributed by atoms with van der Waals surface area (Å²) in [5.74, 6) is 0.280. The highest BCUT2D eigenvalue weighted by Crippen LogP contribution is 1.94. The van der Waals surface area contributed by atoms with Gasteiger partial charge in [-0.15, -0.1) is 0 Å². The molecule has 0 aliphatic carbocycles. The van der Waals surface area contributed by atoms with Crippen LogP contribution in [0.25, 0.3) is 0 Å². The van der Waals surface area contributed by atoms with Crippen LogP contribution in [0.3, 0.4) is 0 Å². The van der Waals surface area contributed by atoms with E-state index in [0.29, 0.717) is 0 Å². The van der Waals surface area contributed by atoms with Gasteiger partial charge in [-0.25, -0.2) is 4.79 Å². The minimum absolute atomic E-state index is 0.0296. The van der Waals surface area contributed by atoms with Crippen molar-refractivity contribution >= 4 is 6.03 Å². The molecule has 3 N–H and O–H groups in total. The molecule has 1 saturated heterocycles. The number of urea groups is 1. The lowest BCUT2D eigenvalue weighted by Crippen LogP contribution is -2.36. The zero-order chi connectivity index (χ0) is 10.4. The van der Waals surface area contributed by atoms with Gasteiger partial charge in [-0.3, -0.25) is 0 Å². The van der Waals surface area contributed by atoms with Crippen molar-refractivity contribution in [3.8, 4) is 0 Å². The fourth-order valence-electron chi connectivity index (χ4n) is 1.35. The number of hydrogen-bond donors (Lipinski definition) is 3. The summed E-state index contributed by atoms with van der Waals surface area (Å²) in [6.07, 6.45) is 0. The van der Waals surface area contributed by atoms with Crippen LogP contribution in [0.5, 0.6) is 0 Å². The number of nitrogens with one attached hydrogen (secondary N) is 2. The first-order valence-electron chi connectivity index (χ1n) is 5.08. The van der Waals surface area contributed by atoms with Crippen LogP contribution < -0.4 is 10.6 Å². The molecule has 1 atom stereocenters. The van der Waals surface area contributed by atoms with Crippen molar-refractivity contribution < 1.29 is 9.90 Å². The fourth-order valence-corrected chi connectivity index (χ4v) is 1.35. The molecule has 5 heteroatoms. The molecule has 14 heavy (non-hydrogen) atoms. The van der Waals surface area contributed by atoms with E-state index in [4.69, 9.17) is 5.11 Å². The van der Waals surface area contributed by atoms with Crippen LogP contribution in [0, 0.1) is 5.92 Å². The molecule has 2 amide bonds. The van der Waals surface area contributed by atoms with Gasteiger partial charge in [-0.1, -0.05) is 6.92 Å². The van der Waals surface area contributed by atoms with Crippen LogP contribution in [0.4, 0.5) is 4.79 Å². The smallest absolute Gasteiger partial charge is 0.317 e. The summed E-state index contributed by atoms with van der Waals surface area (Å²) < 4.78 is 0. The molecule has 0 aromatic rings. The Labute approximate surface area is 84.5 Å². The van der Waals surface area contributed by atoms with Gasteiger partial charge in [0.05, 0.1) is 0 Å². The largest absolute Gasteiger partial charge is 0.396 e. The quantitative estimate of drug-likeness (QED) is 0.494. The Morgan fingerprint density at radius 2 is 2.50 bits per heavy atom. The molecule has 0 bridgehead atoms. The normalized spacial score (nSPS) is 18.4. The number of hydrogen-bond acceptors (Lipinski definition) is 3. The van der Waals surface area contributed by atoms with Crippen LogP contribution in [0.2, 0.25) is 0 Å². The Morgan fingerprint density at radius 3 is 3.07 bits per heavy atom. The summed E-state index contributed by atoms with van der Waals surface area (Å²) in [6, 6.07) is 0.0296. The van der Waals surface area contributed by atoms with E-state index in [1.54, 1.807) is 4.90 Å². The van der Waals surface area contributed by atoms with Crippen LogP contribution in [0.15, 0.2) is 0 Å². The zero-order valence-electron chi connectivity index (χ0n) is 8.62. The number of rotatable bonds is 6. The monoisotopic (exact) mass is 201 g/mol. The van der Waals surface area contributed by atoms with Gasteiger partial charge in [0.15, 0.2) is 0 Å². The number of aliphatic hydroxyl groups excluding tert-OH is 1. The van der Waals surface area contributed by atoms with Gasteiger partial charge >= 0.3 is 6.03 Å². The Hall–Kier alpha value is -0.810. The van der Waals surface area contributed by atoms with Gasteiger partial charge in [0.25, 0.3) is 0 Å². The molecular formula is C9H19N3O2. The predicted molar refractivity (Wildman–Crippen MR) is 54.1 cm³/mol. The standard InChI is InChI=1S/C9H19N3O2/c1-8(7-13)6-10-2-4-12-5-3-11-9(12)14/h8,10,13H,2-7H2,1H3,(H,11,14). The second-order valence-corrected chi connectivity index (χ2v) is 3.71. The SMILES string of the molecule is CC(CO)CNCCN1CCNC1=O. The number of amides is 2. The Bertz CT molecular complexity index is 187. The van der Waals surface area contributed by atoms with Crippen molar-refractivity contribution in [3.63, 3.8) is 0 Å². The molecule has 0 saturated carbocycles. The van der Waals surface area contributed by atoms with Crippen molar-refractivity contribution in [1.29, 1.82) is 0 Å². The van der Waals surface area contributed by atoms with E-state index in [1.165, 1.54) is 0 Å². The average molecular weight is 201 g/mol. The maximum Gasteiger partial charge on any atom is 0.317 e. The van der Waals surface area contributed by atoms with E-state index >= 15 is 0 Å².